The molecule has 3 aromatic heterocycles. The summed E-state index contributed by atoms with van der Waals surface area (Å²) in [6.45, 7) is 2.03. The topological polar surface area (TPSA) is 177 Å². The lowest BCUT2D eigenvalue weighted by Crippen LogP contribution is -2.28. The SMILES string of the molecule is CC(Nc1ncnc(N)c1C#Cc1cnccn1)c1nc2cccc(Cl)c2c(=O)n1-c1cccc(CCNS(=O)[O-])c1. The van der Waals surface area contributed by atoms with Crippen LogP contribution in [0.5, 0.6) is 0 Å². The van der Waals surface area contributed by atoms with Crippen LogP contribution >= 0.6 is 11.6 Å². The first-order chi connectivity index (χ1) is 20.3. The van der Waals surface area contributed by atoms with E-state index in [0.29, 0.717) is 40.5 Å². The maximum Gasteiger partial charge on any atom is 0.267 e. The summed E-state index contributed by atoms with van der Waals surface area (Å²) in [4.78, 5) is 35.4. The predicted molar refractivity (Wildman–Crippen MR) is 159 cm³/mol. The molecule has 0 saturated carbocycles. The number of anilines is 2. The van der Waals surface area contributed by atoms with Gasteiger partial charge in [0.05, 0.1) is 33.9 Å². The molecule has 0 saturated heterocycles. The molecule has 14 heteroatoms. The zero-order chi connectivity index (χ0) is 29.6. The van der Waals surface area contributed by atoms with Crippen LogP contribution in [0, 0.1) is 11.8 Å². The molecule has 0 bridgehead atoms. The molecule has 3 heterocycles. The van der Waals surface area contributed by atoms with Crippen molar-refractivity contribution < 1.29 is 8.76 Å². The highest BCUT2D eigenvalue weighted by molar-refractivity contribution is 7.77. The number of aromatic nitrogens is 6. The Hall–Kier alpha value is -4.74. The van der Waals surface area contributed by atoms with Crippen LogP contribution in [0.1, 0.15) is 35.6 Å². The molecule has 5 rings (SSSR count). The molecule has 4 N–H and O–H groups in total. The zero-order valence-electron chi connectivity index (χ0n) is 22.1. The van der Waals surface area contributed by atoms with Crippen LogP contribution in [0.2, 0.25) is 5.02 Å². The van der Waals surface area contributed by atoms with Gasteiger partial charge in [-0.15, -0.1) is 0 Å². The molecular formula is C28H23ClN9O3S-. The van der Waals surface area contributed by atoms with Crippen molar-refractivity contribution >= 4 is 45.4 Å². The highest BCUT2D eigenvalue weighted by atomic mass is 35.5. The van der Waals surface area contributed by atoms with Crippen LogP contribution < -0.4 is 21.3 Å². The van der Waals surface area contributed by atoms with E-state index in [1.165, 1.54) is 23.3 Å². The Balaban J connectivity index is 1.59. The molecule has 12 nitrogen and oxygen atoms in total. The second-order valence-corrected chi connectivity index (χ2v) is 10.1. The number of rotatable bonds is 8. The standard InChI is InChI=1S/C28H24ClN9O3S/c1-17(36-26-21(25(30)33-16-34-26)9-8-19-15-31-12-13-32-19)27-37-23-7-3-6-22(29)24(23)28(39)38(27)20-5-2-4-18(14-20)10-11-35-42(40)41/h2-7,12-17,35H,10-11H2,1H3,(H,40,41)(H3,30,33,34,36)/p-1. The summed E-state index contributed by atoms with van der Waals surface area (Å²) in [5.74, 6) is 6.74. The van der Waals surface area contributed by atoms with Crippen LogP contribution in [0.25, 0.3) is 16.6 Å². The number of nitrogens with one attached hydrogen (secondary N) is 2. The smallest absolute Gasteiger partial charge is 0.267 e. The Morgan fingerprint density at radius 3 is 2.76 bits per heavy atom. The van der Waals surface area contributed by atoms with Crippen molar-refractivity contribution in [1.82, 2.24) is 34.2 Å². The number of benzene rings is 2. The summed E-state index contributed by atoms with van der Waals surface area (Å²) in [5.41, 5.74) is 8.35. The van der Waals surface area contributed by atoms with E-state index in [1.54, 1.807) is 42.6 Å². The van der Waals surface area contributed by atoms with Gasteiger partial charge in [0.25, 0.3) is 5.56 Å². The van der Waals surface area contributed by atoms with Crippen LogP contribution in [-0.2, 0) is 17.7 Å². The van der Waals surface area contributed by atoms with Gasteiger partial charge in [-0.2, -0.15) is 0 Å². The maximum absolute atomic E-state index is 14.0. The molecule has 0 fully saturated rings. The van der Waals surface area contributed by atoms with Gasteiger partial charge in [-0.05, 0) is 49.1 Å². The minimum Gasteiger partial charge on any atom is -0.760 e. The summed E-state index contributed by atoms with van der Waals surface area (Å²) >= 11 is 4.07. The molecule has 0 aliphatic heterocycles. The highest BCUT2D eigenvalue weighted by Gasteiger charge is 2.21. The van der Waals surface area contributed by atoms with Crippen LogP contribution in [0.3, 0.4) is 0 Å². The fraction of sp³-hybridized carbons (Fsp3) is 0.143. The lowest BCUT2D eigenvalue weighted by atomic mass is 10.1. The van der Waals surface area contributed by atoms with Crippen molar-refractivity contribution in [3.8, 4) is 17.5 Å². The molecule has 42 heavy (non-hydrogen) atoms. The molecule has 0 aliphatic rings. The number of nitrogens with two attached hydrogens (primary N) is 1. The van der Waals surface area contributed by atoms with Gasteiger partial charge in [-0.3, -0.25) is 18.6 Å². The third-order valence-electron chi connectivity index (χ3n) is 6.17. The fourth-order valence-electron chi connectivity index (χ4n) is 4.27. The molecular weight excluding hydrogens is 578 g/mol. The van der Waals surface area contributed by atoms with Gasteiger partial charge in [-0.25, -0.2) is 24.7 Å². The van der Waals surface area contributed by atoms with Gasteiger partial charge in [0, 0.05) is 30.2 Å². The van der Waals surface area contributed by atoms with E-state index >= 15 is 0 Å². The third-order valence-corrected chi connectivity index (χ3v) is 6.93. The van der Waals surface area contributed by atoms with Gasteiger partial charge in [-0.1, -0.05) is 35.7 Å². The Bertz CT molecular complexity index is 1910. The first-order valence-corrected chi connectivity index (χ1v) is 14.1. The third kappa shape index (κ3) is 6.42. The quantitative estimate of drug-likeness (QED) is 0.177. The van der Waals surface area contributed by atoms with E-state index < -0.39 is 17.3 Å². The molecule has 0 spiro atoms. The predicted octanol–water partition coefficient (Wildman–Crippen LogP) is 2.70. The summed E-state index contributed by atoms with van der Waals surface area (Å²) in [7, 11) is 0. The molecule has 0 amide bonds. The Kier molecular flexibility index (Phi) is 8.80. The molecule has 212 valence electrons. The number of halogens is 1. The molecule has 2 unspecified atom stereocenters. The summed E-state index contributed by atoms with van der Waals surface area (Å²) in [6, 6.07) is 11.7. The van der Waals surface area contributed by atoms with Crippen molar-refractivity contribution in [2.75, 3.05) is 17.6 Å². The number of nitrogens with zero attached hydrogens (tertiary/aromatic N) is 6. The number of nitrogen functional groups attached to an aromatic ring is 1. The van der Waals surface area contributed by atoms with Crippen molar-refractivity contribution in [2.24, 2.45) is 0 Å². The van der Waals surface area contributed by atoms with Crippen molar-refractivity contribution in [1.29, 1.82) is 0 Å². The van der Waals surface area contributed by atoms with Crippen LogP contribution in [0.4, 0.5) is 11.6 Å². The average molecular weight is 601 g/mol. The van der Waals surface area contributed by atoms with Crippen LogP contribution in [-0.4, -0.2) is 44.8 Å². The van der Waals surface area contributed by atoms with Crippen molar-refractivity contribution in [3.05, 3.63) is 105 Å². The highest BCUT2D eigenvalue weighted by Crippen LogP contribution is 2.26. The minimum absolute atomic E-state index is 0.159. The van der Waals surface area contributed by atoms with E-state index in [1.807, 2.05) is 13.0 Å². The number of hydrogen-bond acceptors (Lipinski definition) is 10. The lowest BCUT2D eigenvalue weighted by molar-refractivity contribution is 0.523. The Morgan fingerprint density at radius 2 is 1.98 bits per heavy atom. The van der Waals surface area contributed by atoms with Gasteiger partial charge in [0.2, 0.25) is 0 Å². The van der Waals surface area contributed by atoms with Gasteiger partial charge < -0.3 is 15.6 Å². The average Bonchev–Trinajstić information content (AvgIpc) is 2.97. The Morgan fingerprint density at radius 1 is 1.14 bits per heavy atom. The van der Waals surface area contributed by atoms with E-state index in [-0.39, 0.29) is 28.3 Å². The maximum atomic E-state index is 14.0. The Labute approximate surface area is 247 Å². The van der Waals surface area contributed by atoms with Crippen molar-refractivity contribution in [2.45, 2.75) is 19.4 Å². The first-order valence-electron chi connectivity index (χ1n) is 12.6. The van der Waals surface area contributed by atoms with E-state index in [9.17, 15) is 13.6 Å². The monoisotopic (exact) mass is 600 g/mol. The number of fused-ring (bicyclic) bond motifs is 1. The van der Waals surface area contributed by atoms with E-state index in [0.717, 1.165) is 5.56 Å². The van der Waals surface area contributed by atoms with Gasteiger partial charge in [0.15, 0.2) is 0 Å². The molecule has 2 atom stereocenters. The van der Waals surface area contributed by atoms with E-state index in [4.69, 9.17) is 22.3 Å². The fourth-order valence-corrected chi connectivity index (χ4v) is 4.79. The molecule has 5 aromatic rings. The summed E-state index contributed by atoms with van der Waals surface area (Å²) in [6.07, 6.45) is 6.32. The van der Waals surface area contributed by atoms with Gasteiger partial charge >= 0.3 is 0 Å². The molecule has 0 radical (unpaired) electrons. The second-order valence-electron chi connectivity index (χ2n) is 8.98. The molecule has 2 aromatic carbocycles. The largest absolute Gasteiger partial charge is 0.760 e. The minimum atomic E-state index is -2.37. The first kappa shape index (κ1) is 28.8. The summed E-state index contributed by atoms with van der Waals surface area (Å²) < 4.78 is 25.6. The summed E-state index contributed by atoms with van der Waals surface area (Å²) in [5, 5.41) is 3.82. The molecule has 0 aliphatic carbocycles. The lowest BCUT2D eigenvalue weighted by Gasteiger charge is -2.21. The zero-order valence-corrected chi connectivity index (χ0v) is 23.7. The van der Waals surface area contributed by atoms with Crippen molar-refractivity contribution in [3.63, 3.8) is 0 Å². The van der Waals surface area contributed by atoms with Gasteiger partial charge in [0.1, 0.15) is 35.0 Å². The second kappa shape index (κ2) is 12.8. The number of hydrogen-bond donors (Lipinski definition) is 3. The normalized spacial score (nSPS) is 12.4. The van der Waals surface area contributed by atoms with Crippen LogP contribution in [0.15, 0.2) is 72.2 Å². The van der Waals surface area contributed by atoms with E-state index in [2.05, 4.69) is 41.8 Å².